The molecular weight excluding hydrogens is 267 g/mol. The van der Waals surface area contributed by atoms with Crippen molar-refractivity contribution in [1.82, 2.24) is 0 Å². The molecule has 0 aliphatic carbocycles. The van der Waals surface area contributed by atoms with Crippen molar-refractivity contribution in [2.45, 2.75) is 0 Å². The molecule has 1 aromatic heterocycles. The van der Waals surface area contributed by atoms with Crippen LogP contribution in [0.5, 0.6) is 0 Å². The molecule has 19 heavy (non-hydrogen) atoms. The Morgan fingerprint density at radius 1 is 1.05 bits per heavy atom. The number of fused-ring (bicyclic) bond motifs is 1. The Labute approximate surface area is 113 Å². The highest BCUT2D eigenvalue weighted by Crippen LogP contribution is 2.28. The van der Waals surface area contributed by atoms with Gasteiger partial charge in [0.25, 0.3) is 0 Å². The Morgan fingerprint density at radius 2 is 1.84 bits per heavy atom. The minimum Gasteiger partial charge on any atom is -0.456 e. The molecule has 2 nitrogen and oxygen atoms in total. The van der Waals surface area contributed by atoms with Gasteiger partial charge in [-0.05, 0) is 30.3 Å². The van der Waals surface area contributed by atoms with Gasteiger partial charge in [-0.2, -0.15) is 0 Å². The van der Waals surface area contributed by atoms with E-state index in [1.54, 1.807) is 24.3 Å². The van der Waals surface area contributed by atoms with E-state index in [1.165, 1.54) is 18.2 Å². The predicted octanol–water partition coefficient (Wildman–Crippen LogP) is 4.25. The fourth-order valence-electron chi connectivity index (χ4n) is 1.92. The number of hydrogen-bond donors (Lipinski definition) is 0. The van der Waals surface area contributed by atoms with E-state index in [4.69, 9.17) is 16.0 Å². The second-order valence-electron chi connectivity index (χ2n) is 4.10. The zero-order valence-corrected chi connectivity index (χ0v) is 10.4. The fraction of sp³-hybridized carbons (Fsp3) is 0. The molecule has 0 unspecified atom stereocenters. The summed E-state index contributed by atoms with van der Waals surface area (Å²) in [7, 11) is 0. The molecule has 0 amide bonds. The standard InChI is InChI=1S/C15H8ClFO2/c16-12-4-2-1-3-10(12)15-8-13(18)11-7-9(17)5-6-14(11)19-15/h1-8H. The van der Waals surface area contributed by atoms with Crippen LogP contribution < -0.4 is 5.43 Å². The molecule has 0 saturated carbocycles. The molecule has 2 aromatic carbocycles. The Kier molecular flexibility index (Phi) is 2.84. The first-order valence-electron chi connectivity index (χ1n) is 5.63. The minimum absolute atomic E-state index is 0.218. The lowest BCUT2D eigenvalue weighted by Gasteiger charge is -2.04. The molecule has 0 radical (unpaired) electrons. The van der Waals surface area contributed by atoms with E-state index in [1.807, 2.05) is 0 Å². The third-order valence-electron chi connectivity index (χ3n) is 2.83. The highest BCUT2D eigenvalue weighted by atomic mass is 35.5. The minimum atomic E-state index is -0.467. The van der Waals surface area contributed by atoms with Gasteiger partial charge in [0.05, 0.1) is 10.4 Å². The first kappa shape index (κ1) is 11.9. The van der Waals surface area contributed by atoms with Gasteiger partial charge in [-0.3, -0.25) is 4.79 Å². The van der Waals surface area contributed by atoms with Crippen LogP contribution in [0.25, 0.3) is 22.3 Å². The molecule has 0 aliphatic heterocycles. The summed E-state index contributed by atoms with van der Waals surface area (Å²) in [6, 6.07) is 12.2. The average molecular weight is 275 g/mol. The quantitative estimate of drug-likeness (QED) is 0.664. The lowest BCUT2D eigenvalue weighted by Crippen LogP contribution is -2.00. The molecule has 0 spiro atoms. The smallest absolute Gasteiger partial charge is 0.193 e. The first-order valence-corrected chi connectivity index (χ1v) is 6.01. The molecule has 0 bridgehead atoms. The number of halogens is 2. The van der Waals surface area contributed by atoms with Gasteiger partial charge in [0.1, 0.15) is 17.2 Å². The van der Waals surface area contributed by atoms with Crippen molar-refractivity contribution in [3.05, 3.63) is 69.6 Å². The van der Waals surface area contributed by atoms with Crippen molar-refractivity contribution in [3.63, 3.8) is 0 Å². The summed E-state index contributed by atoms with van der Waals surface area (Å²) in [5, 5.41) is 0.711. The number of benzene rings is 2. The van der Waals surface area contributed by atoms with E-state index in [0.29, 0.717) is 21.9 Å². The molecule has 1 heterocycles. The van der Waals surface area contributed by atoms with Crippen molar-refractivity contribution in [1.29, 1.82) is 0 Å². The summed E-state index contributed by atoms with van der Waals surface area (Å²) >= 11 is 6.07. The SMILES string of the molecule is O=c1cc(-c2ccccc2Cl)oc2ccc(F)cc12. The highest BCUT2D eigenvalue weighted by molar-refractivity contribution is 6.33. The zero-order valence-electron chi connectivity index (χ0n) is 9.69. The second-order valence-corrected chi connectivity index (χ2v) is 4.50. The third kappa shape index (κ3) is 2.13. The molecule has 0 N–H and O–H groups in total. The Balaban J connectivity index is 2.31. The first-order chi connectivity index (χ1) is 9.15. The normalized spacial score (nSPS) is 10.8. The monoisotopic (exact) mass is 274 g/mol. The van der Waals surface area contributed by atoms with Crippen LogP contribution in [0.1, 0.15) is 0 Å². The summed E-state index contributed by atoms with van der Waals surface area (Å²) in [4.78, 5) is 12.0. The molecule has 0 fully saturated rings. The second kappa shape index (κ2) is 4.52. The molecule has 3 aromatic rings. The van der Waals surface area contributed by atoms with Crippen LogP contribution in [-0.2, 0) is 0 Å². The van der Waals surface area contributed by atoms with Crippen LogP contribution in [-0.4, -0.2) is 0 Å². The molecular formula is C15H8ClFO2. The zero-order chi connectivity index (χ0) is 13.4. The van der Waals surface area contributed by atoms with Crippen molar-refractivity contribution >= 4 is 22.6 Å². The molecule has 0 atom stereocenters. The summed E-state index contributed by atoms with van der Waals surface area (Å²) < 4.78 is 18.7. The van der Waals surface area contributed by atoms with Gasteiger partial charge in [0.15, 0.2) is 5.43 Å². The summed E-state index contributed by atoms with van der Waals surface area (Å²) in [5.41, 5.74) is 0.673. The molecule has 3 rings (SSSR count). The van der Waals surface area contributed by atoms with Gasteiger partial charge in [-0.1, -0.05) is 23.7 Å². The lowest BCUT2D eigenvalue weighted by molar-refractivity contribution is 0.608. The number of hydrogen-bond acceptors (Lipinski definition) is 2. The lowest BCUT2D eigenvalue weighted by atomic mass is 10.1. The predicted molar refractivity (Wildman–Crippen MR) is 72.9 cm³/mol. The van der Waals surface area contributed by atoms with E-state index in [-0.39, 0.29) is 10.8 Å². The Morgan fingerprint density at radius 3 is 2.63 bits per heavy atom. The van der Waals surface area contributed by atoms with Crippen molar-refractivity contribution in [2.75, 3.05) is 0 Å². The van der Waals surface area contributed by atoms with Crippen LogP contribution in [0, 0.1) is 5.82 Å². The van der Waals surface area contributed by atoms with E-state index >= 15 is 0 Å². The van der Waals surface area contributed by atoms with E-state index in [9.17, 15) is 9.18 Å². The topological polar surface area (TPSA) is 30.2 Å². The summed E-state index contributed by atoms with van der Waals surface area (Å²) in [6.45, 7) is 0. The fourth-order valence-corrected chi connectivity index (χ4v) is 2.15. The van der Waals surface area contributed by atoms with Gasteiger partial charge in [-0.15, -0.1) is 0 Å². The highest BCUT2D eigenvalue weighted by Gasteiger charge is 2.10. The van der Waals surface area contributed by atoms with Crippen molar-refractivity contribution in [2.24, 2.45) is 0 Å². The van der Waals surface area contributed by atoms with Crippen molar-refractivity contribution < 1.29 is 8.81 Å². The van der Waals surface area contributed by atoms with Crippen LogP contribution >= 0.6 is 11.6 Å². The van der Waals surface area contributed by atoms with Gasteiger partial charge >= 0.3 is 0 Å². The molecule has 0 aliphatic rings. The van der Waals surface area contributed by atoms with Crippen molar-refractivity contribution in [3.8, 4) is 11.3 Å². The maximum absolute atomic E-state index is 13.1. The van der Waals surface area contributed by atoms with E-state index in [0.717, 1.165) is 6.07 Å². The van der Waals surface area contributed by atoms with Crippen LogP contribution in [0.3, 0.4) is 0 Å². The van der Waals surface area contributed by atoms with E-state index < -0.39 is 5.82 Å². The Hall–Kier alpha value is -2.13. The van der Waals surface area contributed by atoms with Gasteiger partial charge in [0.2, 0.25) is 0 Å². The summed E-state index contributed by atoms with van der Waals surface area (Å²) in [5.74, 6) is -0.0972. The third-order valence-corrected chi connectivity index (χ3v) is 3.16. The van der Waals surface area contributed by atoms with Gasteiger partial charge in [-0.25, -0.2) is 4.39 Å². The van der Waals surface area contributed by atoms with Crippen LogP contribution in [0.2, 0.25) is 5.02 Å². The maximum Gasteiger partial charge on any atom is 0.193 e. The Bertz CT molecular complexity index is 824. The average Bonchev–Trinajstić information content (AvgIpc) is 2.40. The van der Waals surface area contributed by atoms with Crippen LogP contribution in [0.4, 0.5) is 4.39 Å². The number of rotatable bonds is 1. The maximum atomic E-state index is 13.1. The van der Waals surface area contributed by atoms with Gasteiger partial charge in [0, 0.05) is 11.6 Å². The van der Waals surface area contributed by atoms with Crippen LogP contribution in [0.15, 0.2) is 57.7 Å². The molecule has 0 saturated heterocycles. The molecule has 94 valence electrons. The van der Waals surface area contributed by atoms with Gasteiger partial charge < -0.3 is 4.42 Å². The van der Waals surface area contributed by atoms with E-state index in [2.05, 4.69) is 0 Å². The largest absolute Gasteiger partial charge is 0.456 e. The molecule has 4 heteroatoms. The summed E-state index contributed by atoms with van der Waals surface area (Å²) in [6.07, 6.45) is 0.